The van der Waals surface area contributed by atoms with Gasteiger partial charge in [0.25, 0.3) is 0 Å². The molecular weight excluding hydrogens is 362 g/mol. The van der Waals surface area contributed by atoms with Crippen LogP contribution >= 0.6 is 43.2 Å². The van der Waals surface area contributed by atoms with Crippen LogP contribution in [0.4, 0.5) is 0 Å². The summed E-state index contributed by atoms with van der Waals surface area (Å²) in [6.45, 7) is 1.94. The Hall–Kier alpha value is -0.160. The molecule has 1 aromatic heterocycles. The second-order valence-corrected chi connectivity index (χ2v) is 7.06. The molecule has 0 spiro atoms. The van der Waals surface area contributed by atoms with Crippen LogP contribution in [-0.2, 0) is 13.0 Å². The van der Waals surface area contributed by atoms with Crippen LogP contribution in [0.2, 0.25) is 0 Å². The molecule has 0 atom stereocenters. The van der Waals surface area contributed by atoms with E-state index in [0.717, 1.165) is 27.8 Å². The largest absolute Gasteiger partial charge is 0.312 e. The van der Waals surface area contributed by atoms with Gasteiger partial charge in [0, 0.05) is 15.9 Å². The molecule has 0 amide bonds. The third kappa shape index (κ3) is 4.21. The predicted octanol–water partition coefficient (Wildman–Crippen LogP) is 4.61. The zero-order valence-electron chi connectivity index (χ0n) is 9.25. The van der Waals surface area contributed by atoms with Crippen molar-refractivity contribution in [3.8, 4) is 0 Å². The third-order valence-corrected chi connectivity index (χ3v) is 5.68. The summed E-state index contributed by atoms with van der Waals surface area (Å²) in [7, 11) is 0. The summed E-state index contributed by atoms with van der Waals surface area (Å²) in [4.78, 5) is 1.34. The Morgan fingerprint density at radius 2 is 1.88 bits per heavy atom. The van der Waals surface area contributed by atoms with Crippen LogP contribution in [0.3, 0.4) is 0 Å². The minimum absolute atomic E-state index is 0.932. The van der Waals surface area contributed by atoms with Crippen molar-refractivity contribution < 1.29 is 0 Å². The van der Waals surface area contributed by atoms with Gasteiger partial charge in [0.15, 0.2) is 0 Å². The summed E-state index contributed by atoms with van der Waals surface area (Å²) in [5.74, 6) is 0. The van der Waals surface area contributed by atoms with E-state index in [1.807, 2.05) is 0 Å². The molecule has 4 heteroatoms. The minimum atomic E-state index is 0.932. The zero-order chi connectivity index (χ0) is 12.1. The smallest absolute Gasteiger partial charge is 0.0843 e. The molecule has 0 aliphatic heterocycles. The third-order valence-electron chi connectivity index (χ3n) is 2.43. The summed E-state index contributed by atoms with van der Waals surface area (Å²) >= 11 is 8.77. The van der Waals surface area contributed by atoms with E-state index >= 15 is 0 Å². The second-order valence-electron chi connectivity index (χ2n) is 3.75. The molecular formula is C13H13Br2NS. The lowest BCUT2D eigenvalue weighted by Gasteiger charge is -2.03. The molecule has 0 aliphatic rings. The highest BCUT2D eigenvalue weighted by molar-refractivity contribution is 9.13. The van der Waals surface area contributed by atoms with Gasteiger partial charge in [-0.15, -0.1) is 11.3 Å². The first-order chi connectivity index (χ1) is 8.25. The molecule has 2 rings (SSSR count). The molecule has 0 aliphatic carbocycles. The van der Waals surface area contributed by atoms with E-state index in [-0.39, 0.29) is 0 Å². The first kappa shape index (κ1) is 13.3. The molecule has 0 saturated heterocycles. The van der Waals surface area contributed by atoms with Gasteiger partial charge in [-0.25, -0.2) is 0 Å². The fraction of sp³-hybridized carbons (Fsp3) is 0.231. The van der Waals surface area contributed by atoms with E-state index in [1.165, 1.54) is 10.4 Å². The van der Waals surface area contributed by atoms with Crippen LogP contribution in [-0.4, -0.2) is 6.54 Å². The van der Waals surface area contributed by atoms with Gasteiger partial charge in [-0.05, 0) is 56.5 Å². The van der Waals surface area contributed by atoms with Crippen molar-refractivity contribution in [1.29, 1.82) is 0 Å². The van der Waals surface area contributed by atoms with E-state index in [9.17, 15) is 0 Å². The van der Waals surface area contributed by atoms with Gasteiger partial charge in [-0.3, -0.25) is 0 Å². The Morgan fingerprint density at radius 1 is 1.12 bits per heavy atom. The number of hydrogen-bond donors (Lipinski definition) is 1. The average molecular weight is 375 g/mol. The van der Waals surface area contributed by atoms with Crippen molar-refractivity contribution >= 4 is 43.2 Å². The zero-order valence-corrected chi connectivity index (χ0v) is 13.2. The van der Waals surface area contributed by atoms with Gasteiger partial charge in [0.05, 0.1) is 3.79 Å². The topological polar surface area (TPSA) is 12.0 Å². The number of hydrogen-bond acceptors (Lipinski definition) is 2. The normalized spacial score (nSPS) is 10.7. The van der Waals surface area contributed by atoms with Crippen molar-refractivity contribution in [2.45, 2.75) is 13.0 Å². The lowest BCUT2D eigenvalue weighted by molar-refractivity contribution is 0.693. The van der Waals surface area contributed by atoms with Crippen LogP contribution in [0.1, 0.15) is 10.4 Å². The first-order valence-corrected chi connectivity index (χ1v) is 7.84. The molecule has 0 radical (unpaired) electrons. The summed E-state index contributed by atoms with van der Waals surface area (Å²) in [5, 5.41) is 3.46. The van der Waals surface area contributed by atoms with E-state index in [1.54, 1.807) is 11.3 Å². The Labute approximate surface area is 123 Å². The van der Waals surface area contributed by atoms with Crippen LogP contribution in [0.15, 0.2) is 44.7 Å². The van der Waals surface area contributed by atoms with Gasteiger partial charge in [0.2, 0.25) is 0 Å². The Balaban J connectivity index is 1.73. The maximum atomic E-state index is 3.51. The number of thiophene rings is 1. The minimum Gasteiger partial charge on any atom is -0.312 e. The van der Waals surface area contributed by atoms with Crippen LogP contribution in [0, 0.1) is 0 Å². The molecule has 1 aromatic carbocycles. The predicted molar refractivity (Wildman–Crippen MR) is 81.6 cm³/mol. The molecule has 90 valence electrons. The van der Waals surface area contributed by atoms with Crippen LogP contribution < -0.4 is 5.32 Å². The molecule has 0 fully saturated rings. The van der Waals surface area contributed by atoms with Crippen LogP contribution in [0.5, 0.6) is 0 Å². The van der Waals surface area contributed by atoms with E-state index in [0.29, 0.717) is 0 Å². The molecule has 0 saturated carbocycles. The molecule has 1 heterocycles. The Bertz CT molecular complexity index is 448. The number of halogens is 2. The quantitative estimate of drug-likeness (QED) is 0.753. The lowest BCUT2D eigenvalue weighted by atomic mass is 10.1. The van der Waals surface area contributed by atoms with Gasteiger partial charge >= 0.3 is 0 Å². The van der Waals surface area contributed by atoms with Gasteiger partial charge in [-0.2, -0.15) is 0 Å². The molecule has 2 aromatic rings. The highest BCUT2D eigenvalue weighted by Crippen LogP contribution is 2.32. The molecule has 1 N–H and O–H groups in total. The van der Waals surface area contributed by atoms with Gasteiger partial charge in [0.1, 0.15) is 0 Å². The first-order valence-electron chi connectivity index (χ1n) is 5.44. The summed E-state index contributed by atoms with van der Waals surface area (Å²) in [5.41, 5.74) is 1.38. The monoisotopic (exact) mass is 373 g/mol. The maximum absolute atomic E-state index is 3.51. The number of rotatable bonds is 5. The number of nitrogens with one attached hydrogen (secondary N) is 1. The molecule has 0 unspecified atom stereocenters. The second kappa shape index (κ2) is 6.69. The fourth-order valence-electron chi connectivity index (χ4n) is 1.57. The molecule has 0 bridgehead atoms. The van der Waals surface area contributed by atoms with Crippen molar-refractivity contribution in [1.82, 2.24) is 5.32 Å². The molecule has 1 nitrogen and oxygen atoms in total. The van der Waals surface area contributed by atoms with Crippen LogP contribution in [0.25, 0.3) is 0 Å². The van der Waals surface area contributed by atoms with Gasteiger partial charge in [-0.1, -0.05) is 30.3 Å². The fourth-order valence-corrected chi connectivity index (χ4v) is 3.71. The maximum Gasteiger partial charge on any atom is 0.0843 e. The standard InChI is InChI=1S/C13H13Br2NS/c14-12-8-11(17-13(12)15)9-16-7-6-10-4-2-1-3-5-10/h1-5,8,16H,6-7,9H2. The van der Waals surface area contributed by atoms with E-state index in [2.05, 4.69) is 73.6 Å². The summed E-state index contributed by atoms with van der Waals surface area (Å²) < 4.78 is 2.31. The highest BCUT2D eigenvalue weighted by atomic mass is 79.9. The van der Waals surface area contributed by atoms with E-state index in [4.69, 9.17) is 0 Å². The average Bonchev–Trinajstić information content (AvgIpc) is 2.66. The lowest BCUT2D eigenvalue weighted by Crippen LogP contribution is -2.15. The van der Waals surface area contributed by atoms with Crippen molar-refractivity contribution in [2.75, 3.05) is 6.54 Å². The van der Waals surface area contributed by atoms with Gasteiger partial charge < -0.3 is 5.32 Å². The van der Waals surface area contributed by atoms with E-state index < -0.39 is 0 Å². The van der Waals surface area contributed by atoms with Crippen molar-refractivity contribution in [3.05, 3.63) is 55.1 Å². The highest BCUT2D eigenvalue weighted by Gasteiger charge is 2.03. The summed E-state index contributed by atoms with van der Waals surface area (Å²) in [6, 6.07) is 12.7. The molecule has 17 heavy (non-hydrogen) atoms. The summed E-state index contributed by atoms with van der Waals surface area (Å²) in [6.07, 6.45) is 1.08. The van der Waals surface area contributed by atoms with Crippen molar-refractivity contribution in [3.63, 3.8) is 0 Å². The van der Waals surface area contributed by atoms with Crippen molar-refractivity contribution in [2.24, 2.45) is 0 Å². The SMILES string of the molecule is Brc1cc(CNCCc2ccccc2)sc1Br. The Morgan fingerprint density at radius 3 is 2.53 bits per heavy atom. The Kier molecular flexibility index (Phi) is 5.22. The number of benzene rings is 1.